The Morgan fingerprint density at radius 1 is 1.36 bits per heavy atom. The summed E-state index contributed by atoms with van der Waals surface area (Å²) in [6.45, 7) is 1.24. The Morgan fingerprint density at radius 2 is 2.14 bits per heavy atom. The number of fused-ring (bicyclic) bond motifs is 1. The minimum Gasteiger partial charge on any atom is -0.438 e. The molecule has 1 saturated heterocycles. The Morgan fingerprint density at radius 3 is 2.91 bits per heavy atom. The molecule has 0 radical (unpaired) electrons. The fourth-order valence-electron chi connectivity index (χ4n) is 2.31. The quantitative estimate of drug-likeness (QED) is 0.755. The second kappa shape index (κ2) is 6.70. The minimum atomic E-state index is -0.368. The van der Waals surface area contributed by atoms with Crippen LogP contribution in [0, 0.1) is 0 Å². The highest BCUT2D eigenvalue weighted by Gasteiger charge is 2.18. The zero-order valence-corrected chi connectivity index (χ0v) is 14.0. The van der Waals surface area contributed by atoms with Gasteiger partial charge in [0.15, 0.2) is 5.15 Å². The van der Waals surface area contributed by atoms with E-state index in [0.717, 1.165) is 32.4 Å². The van der Waals surface area contributed by atoms with E-state index in [1.165, 1.54) is 0 Å². The smallest absolute Gasteiger partial charge is 0.412 e. The predicted octanol–water partition coefficient (Wildman–Crippen LogP) is 3.10. The number of likely N-dealkylation sites (tertiary alicyclic amines) is 1. The van der Waals surface area contributed by atoms with Crippen molar-refractivity contribution in [1.82, 2.24) is 19.3 Å². The molecule has 0 N–H and O–H groups in total. The lowest BCUT2D eigenvalue weighted by molar-refractivity contribution is 0.0302. The topological polar surface area (TPSA) is 69.0 Å². The van der Waals surface area contributed by atoms with E-state index in [9.17, 15) is 4.79 Å². The first kappa shape index (κ1) is 15.4. The summed E-state index contributed by atoms with van der Waals surface area (Å²) in [5.74, 6) is 0.261. The maximum Gasteiger partial charge on any atom is 0.412 e. The van der Waals surface area contributed by atoms with Crippen LogP contribution in [-0.2, 0) is 4.74 Å². The average Bonchev–Trinajstić information content (AvgIpc) is 3.03. The third kappa shape index (κ3) is 3.12. The molecule has 1 aliphatic heterocycles. The first-order valence-corrected chi connectivity index (χ1v) is 8.05. The van der Waals surface area contributed by atoms with Crippen LogP contribution < -0.4 is 4.74 Å². The van der Waals surface area contributed by atoms with Crippen LogP contribution in [0.4, 0.5) is 4.79 Å². The zero-order valence-electron chi connectivity index (χ0n) is 11.7. The fraction of sp³-hybridized carbons (Fsp3) is 0.462. The van der Waals surface area contributed by atoms with Crippen molar-refractivity contribution in [2.75, 3.05) is 19.9 Å². The molecule has 0 aromatic carbocycles. The van der Waals surface area contributed by atoms with E-state index in [2.05, 4.69) is 25.9 Å². The van der Waals surface area contributed by atoms with Gasteiger partial charge in [-0.15, -0.1) is 0 Å². The number of carbonyl (C=O) groups is 1. The minimum absolute atomic E-state index is 0.221. The van der Waals surface area contributed by atoms with Crippen molar-refractivity contribution in [3.8, 4) is 5.88 Å². The summed E-state index contributed by atoms with van der Waals surface area (Å²) < 4.78 is 12.8. The summed E-state index contributed by atoms with van der Waals surface area (Å²) >= 11 is 9.33. The van der Waals surface area contributed by atoms with Crippen LogP contribution in [0.2, 0.25) is 5.15 Å². The predicted molar refractivity (Wildman–Crippen MR) is 83.1 cm³/mol. The van der Waals surface area contributed by atoms with E-state index in [1.807, 2.05) is 0 Å². The molecule has 1 aliphatic rings. The molecule has 118 valence electrons. The molecule has 0 spiro atoms. The number of piperidine rings is 1. The number of hydrogen-bond donors (Lipinski definition) is 0. The first-order chi connectivity index (χ1) is 10.7. The van der Waals surface area contributed by atoms with E-state index in [4.69, 9.17) is 21.1 Å². The molecule has 0 atom stereocenters. The molecule has 22 heavy (non-hydrogen) atoms. The Bertz CT molecular complexity index is 687. The average molecular weight is 390 g/mol. The van der Waals surface area contributed by atoms with Gasteiger partial charge in [0, 0.05) is 13.1 Å². The number of ether oxygens (including phenoxy) is 2. The van der Waals surface area contributed by atoms with Gasteiger partial charge in [-0.25, -0.2) is 9.78 Å². The highest BCUT2D eigenvalue weighted by molar-refractivity contribution is 9.10. The van der Waals surface area contributed by atoms with Crippen LogP contribution in [0.5, 0.6) is 5.88 Å². The lowest BCUT2D eigenvalue weighted by Crippen LogP contribution is -2.36. The molecule has 9 heteroatoms. The number of aromatic nitrogens is 3. The van der Waals surface area contributed by atoms with E-state index >= 15 is 0 Å². The maximum atomic E-state index is 11.9. The van der Waals surface area contributed by atoms with Crippen molar-refractivity contribution < 1.29 is 14.3 Å². The molecular formula is C13H14BrClN4O3. The van der Waals surface area contributed by atoms with Gasteiger partial charge in [0.25, 0.3) is 0 Å². The van der Waals surface area contributed by atoms with Crippen LogP contribution in [0.25, 0.3) is 5.52 Å². The summed E-state index contributed by atoms with van der Waals surface area (Å²) in [6, 6.07) is 0. The Kier molecular flexibility index (Phi) is 4.68. The molecule has 3 rings (SSSR count). The second-order valence-corrected chi connectivity index (χ2v) is 5.98. The van der Waals surface area contributed by atoms with Crippen molar-refractivity contribution in [1.29, 1.82) is 0 Å². The third-order valence-corrected chi connectivity index (χ3v) is 4.68. The number of imidazole rings is 1. The molecule has 1 fully saturated rings. The standard InChI is InChI=1S/C13H14BrClN4O3/c14-10-11(15)17-12(9-6-16-7-19(9)10)21-8-22-13(20)18-4-2-1-3-5-18/h6-7H,1-5,8H2. The normalized spacial score (nSPS) is 15.1. The SMILES string of the molecule is O=C(OCOc1nc(Cl)c(Br)n2cncc12)N1CCCCC1. The van der Waals surface area contributed by atoms with Gasteiger partial charge in [-0.05, 0) is 35.2 Å². The zero-order chi connectivity index (χ0) is 15.5. The number of hydrogen-bond acceptors (Lipinski definition) is 5. The first-order valence-electron chi connectivity index (χ1n) is 6.88. The van der Waals surface area contributed by atoms with Gasteiger partial charge in [-0.3, -0.25) is 4.40 Å². The van der Waals surface area contributed by atoms with Crippen molar-refractivity contribution in [3.63, 3.8) is 0 Å². The van der Waals surface area contributed by atoms with Gasteiger partial charge in [0.2, 0.25) is 12.7 Å². The molecule has 0 bridgehead atoms. The fourth-order valence-corrected chi connectivity index (χ4v) is 2.85. The van der Waals surface area contributed by atoms with Gasteiger partial charge in [-0.1, -0.05) is 11.6 Å². The lowest BCUT2D eigenvalue weighted by Gasteiger charge is -2.25. The highest BCUT2D eigenvalue weighted by atomic mass is 79.9. The maximum absolute atomic E-state index is 11.9. The van der Waals surface area contributed by atoms with Crippen LogP contribution in [0.3, 0.4) is 0 Å². The van der Waals surface area contributed by atoms with Crippen molar-refractivity contribution in [2.24, 2.45) is 0 Å². The summed E-state index contributed by atoms with van der Waals surface area (Å²) in [7, 11) is 0. The van der Waals surface area contributed by atoms with Gasteiger partial charge >= 0.3 is 6.09 Å². The Labute approximate surface area is 140 Å². The Hall–Kier alpha value is -1.54. The molecule has 3 heterocycles. The molecule has 2 aromatic rings. The number of halogens is 2. The van der Waals surface area contributed by atoms with Crippen molar-refractivity contribution in [2.45, 2.75) is 19.3 Å². The molecule has 1 amide bonds. The van der Waals surface area contributed by atoms with Gasteiger partial charge in [0.05, 0.1) is 6.20 Å². The van der Waals surface area contributed by atoms with E-state index in [1.54, 1.807) is 21.8 Å². The summed E-state index contributed by atoms with van der Waals surface area (Å²) in [6.07, 6.45) is 5.98. The summed E-state index contributed by atoms with van der Waals surface area (Å²) in [5.41, 5.74) is 0.630. The molecule has 0 aliphatic carbocycles. The number of rotatable bonds is 3. The number of amides is 1. The van der Waals surface area contributed by atoms with Crippen LogP contribution in [0.15, 0.2) is 17.1 Å². The van der Waals surface area contributed by atoms with E-state index in [0.29, 0.717) is 10.1 Å². The highest BCUT2D eigenvalue weighted by Crippen LogP contribution is 2.27. The molecule has 7 nitrogen and oxygen atoms in total. The third-order valence-electron chi connectivity index (χ3n) is 3.43. The van der Waals surface area contributed by atoms with Crippen molar-refractivity contribution >= 4 is 39.1 Å². The second-order valence-electron chi connectivity index (χ2n) is 4.87. The number of nitrogens with zero attached hydrogens (tertiary/aromatic N) is 4. The molecule has 0 unspecified atom stereocenters. The van der Waals surface area contributed by atoms with Gasteiger partial charge in [0.1, 0.15) is 16.4 Å². The van der Waals surface area contributed by atoms with E-state index < -0.39 is 0 Å². The molecular weight excluding hydrogens is 376 g/mol. The Balaban J connectivity index is 1.63. The van der Waals surface area contributed by atoms with Crippen LogP contribution in [-0.4, -0.2) is 45.2 Å². The monoisotopic (exact) mass is 388 g/mol. The van der Waals surface area contributed by atoms with Gasteiger partial charge in [-0.2, -0.15) is 4.98 Å². The number of carbonyl (C=O) groups excluding carboxylic acids is 1. The van der Waals surface area contributed by atoms with Crippen molar-refractivity contribution in [3.05, 3.63) is 22.3 Å². The van der Waals surface area contributed by atoms with Crippen LogP contribution in [0.1, 0.15) is 19.3 Å². The summed E-state index contributed by atoms with van der Waals surface area (Å²) in [5, 5.41) is 0.239. The summed E-state index contributed by atoms with van der Waals surface area (Å²) in [4.78, 5) is 21.7. The van der Waals surface area contributed by atoms with Gasteiger partial charge < -0.3 is 14.4 Å². The largest absolute Gasteiger partial charge is 0.438 e. The molecule has 2 aromatic heterocycles. The van der Waals surface area contributed by atoms with E-state index in [-0.39, 0.29) is 23.9 Å². The molecule has 0 saturated carbocycles. The van der Waals surface area contributed by atoms with Crippen LogP contribution >= 0.6 is 27.5 Å². The lowest BCUT2D eigenvalue weighted by atomic mass is 10.1.